The van der Waals surface area contributed by atoms with Gasteiger partial charge in [0.2, 0.25) is 0 Å². The Bertz CT molecular complexity index is 788. The normalized spacial score (nSPS) is 10.7. The Morgan fingerprint density at radius 1 is 1.14 bits per heavy atom. The average Bonchev–Trinajstić information content (AvgIpc) is 2.83. The van der Waals surface area contributed by atoms with Gasteiger partial charge in [0.25, 0.3) is 5.91 Å². The molecular formula is C17H16N2O2. The number of benzene rings is 2. The first-order valence-corrected chi connectivity index (χ1v) is 6.71. The zero-order valence-corrected chi connectivity index (χ0v) is 11.7. The van der Waals surface area contributed by atoms with E-state index in [1.54, 1.807) is 0 Å². The Balaban J connectivity index is 1.92. The number of aromatic nitrogens is 1. The molecule has 0 aliphatic rings. The van der Waals surface area contributed by atoms with Crippen molar-refractivity contribution in [3.8, 4) is 17.0 Å². The van der Waals surface area contributed by atoms with Crippen LogP contribution in [0.3, 0.4) is 0 Å². The highest BCUT2D eigenvalue weighted by Gasteiger charge is 2.07. The highest BCUT2D eigenvalue weighted by atomic mass is 16.5. The van der Waals surface area contributed by atoms with Crippen molar-refractivity contribution in [3.63, 3.8) is 0 Å². The molecule has 0 aliphatic carbocycles. The number of para-hydroxylation sites is 1. The molecule has 0 bridgehead atoms. The minimum absolute atomic E-state index is 0.104. The van der Waals surface area contributed by atoms with Crippen molar-refractivity contribution in [2.75, 3.05) is 6.61 Å². The van der Waals surface area contributed by atoms with E-state index in [0.29, 0.717) is 5.75 Å². The summed E-state index contributed by atoms with van der Waals surface area (Å²) in [5, 5.41) is 1.21. The van der Waals surface area contributed by atoms with Crippen LogP contribution in [0.15, 0.2) is 54.6 Å². The van der Waals surface area contributed by atoms with Crippen LogP contribution in [-0.4, -0.2) is 17.1 Å². The average molecular weight is 280 g/mol. The molecule has 1 amide bonds. The van der Waals surface area contributed by atoms with Crippen molar-refractivity contribution >= 4 is 16.8 Å². The molecule has 0 radical (unpaired) electrons. The SMILES string of the molecule is Cn1c(-c2ccc(OCC(N)=O)cc2)cc2ccccc21. The van der Waals surface area contributed by atoms with E-state index in [2.05, 4.69) is 29.8 Å². The third kappa shape index (κ3) is 2.60. The number of nitrogens with zero attached hydrogens (tertiary/aromatic N) is 1. The summed E-state index contributed by atoms with van der Waals surface area (Å²) in [7, 11) is 2.05. The van der Waals surface area contributed by atoms with Gasteiger partial charge in [-0.15, -0.1) is 0 Å². The number of amides is 1. The van der Waals surface area contributed by atoms with Crippen LogP contribution in [0.25, 0.3) is 22.2 Å². The predicted octanol–water partition coefficient (Wildman–Crippen LogP) is 2.71. The Hall–Kier alpha value is -2.75. The van der Waals surface area contributed by atoms with Gasteiger partial charge in [-0.3, -0.25) is 4.79 Å². The van der Waals surface area contributed by atoms with E-state index in [1.165, 1.54) is 10.9 Å². The lowest BCUT2D eigenvalue weighted by molar-refractivity contribution is -0.119. The largest absolute Gasteiger partial charge is 0.484 e. The lowest BCUT2D eigenvalue weighted by atomic mass is 10.1. The number of aryl methyl sites for hydroxylation is 1. The second kappa shape index (κ2) is 5.32. The fourth-order valence-corrected chi connectivity index (χ4v) is 2.44. The van der Waals surface area contributed by atoms with Crippen molar-refractivity contribution in [2.45, 2.75) is 0 Å². The Kier molecular flexibility index (Phi) is 3.36. The van der Waals surface area contributed by atoms with E-state index in [9.17, 15) is 4.79 Å². The van der Waals surface area contributed by atoms with Crippen LogP contribution in [0.4, 0.5) is 0 Å². The van der Waals surface area contributed by atoms with Crippen LogP contribution in [0.5, 0.6) is 5.75 Å². The number of hydrogen-bond donors (Lipinski definition) is 1. The highest BCUT2D eigenvalue weighted by molar-refractivity contribution is 5.87. The van der Waals surface area contributed by atoms with Crippen LogP contribution < -0.4 is 10.5 Å². The second-order valence-electron chi connectivity index (χ2n) is 4.93. The molecule has 0 aliphatic heterocycles. The lowest BCUT2D eigenvalue weighted by Gasteiger charge is -2.07. The van der Waals surface area contributed by atoms with Gasteiger partial charge in [0.05, 0.1) is 0 Å². The molecule has 0 fully saturated rings. The van der Waals surface area contributed by atoms with E-state index >= 15 is 0 Å². The number of rotatable bonds is 4. The van der Waals surface area contributed by atoms with Crippen LogP contribution in [0.2, 0.25) is 0 Å². The quantitative estimate of drug-likeness (QED) is 0.799. The van der Waals surface area contributed by atoms with Crippen molar-refractivity contribution in [1.29, 1.82) is 0 Å². The van der Waals surface area contributed by atoms with Gasteiger partial charge in [-0.1, -0.05) is 18.2 Å². The standard InChI is InChI=1S/C17H16N2O2/c1-19-15-5-3-2-4-13(15)10-16(19)12-6-8-14(9-7-12)21-11-17(18)20/h2-10H,11H2,1H3,(H2,18,20). The van der Waals surface area contributed by atoms with Crippen LogP contribution in [-0.2, 0) is 11.8 Å². The molecule has 21 heavy (non-hydrogen) atoms. The molecule has 1 heterocycles. The van der Waals surface area contributed by atoms with Gasteiger partial charge in [-0.05, 0) is 42.0 Å². The molecule has 2 aromatic carbocycles. The zero-order chi connectivity index (χ0) is 14.8. The van der Waals surface area contributed by atoms with E-state index < -0.39 is 5.91 Å². The topological polar surface area (TPSA) is 57.2 Å². The number of ether oxygens (including phenoxy) is 1. The Labute approximate surface area is 122 Å². The summed E-state index contributed by atoms with van der Waals surface area (Å²) in [5.74, 6) is 0.157. The molecule has 1 aromatic heterocycles. The second-order valence-corrected chi connectivity index (χ2v) is 4.93. The van der Waals surface area contributed by atoms with Gasteiger partial charge in [-0.2, -0.15) is 0 Å². The summed E-state index contributed by atoms with van der Waals surface area (Å²) < 4.78 is 7.43. The molecule has 3 aromatic rings. The number of fused-ring (bicyclic) bond motifs is 1. The van der Waals surface area contributed by atoms with Crippen molar-refractivity contribution < 1.29 is 9.53 Å². The maximum atomic E-state index is 10.7. The van der Waals surface area contributed by atoms with Gasteiger partial charge in [0.1, 0.15) is 5.75 Å². The summed E-state index contributed by atoms with van der Waals surface area (Å²) in [5.41, 5.74) is 8.49. The number of carbonyl (C=O) groups is 1. The smallest absolute Gasteiger partial charge is 0.255 e. The van der Waals surface area contributed by atoms with E-state index in [0.717, 1.165) is 11.3 Å². The molecule has 0 atom stereocenters. The maximum absolute atomic E-state index is 10.7. The van der Waals surface area contributed by atoms with Crippen LogP contribution in [0, 0.1) is 0 Å². The first kappa shape index (κ1) is 13.2. The van der Waals surface area contributed by atoms with Crippen molar-refractivity contribution in [2.24, 2.45) is 12.8 Å². The van der Waals surface area contributed by atoms with Gasteiger partial charge in [-0.25, -0.2) is 0 Å². The number of primary amides is 1. The van der Waals surface area contributed by atoms with E-state index in [-0.39, 0.29) is 6.61 Å². The molecule has 4 nitrogen and oxygen atoms in total. The monoisotopic (exact) mass is 280 g/mol. The van der Waals surface area contributed by atoms with Crippen molar-refractivity contribution in [1.82, 2.24) is 4.57 Å². The summed E-state index contributed by atoms with van der Waals surface area (Å²) in [4.78, 5) is 10.7. The number of nitrogens with two attached hydrogens (primary N) is 1. The van der Waals surface area contributed by atoms with Gasteiger partial charge < -0.3 is 15.0 Å². The fraction of sp³-hybridized carbons (Fsp3) is 0.118. The fourth-order valence-electron chi connectivity index (χ4n) is 2.44. The highest BCUT2D eigenvalue weighted by Crippen LogP contribution is 2.28. The predicted molar refractivity (Wildman–Crippen MR) is 83.0 cm³/mol. The summed E-state index contributed by atoms with van der Waals surface area (Å²) in [6, 6.07) is 18.1. The summed E-state index contributed by atoms with van der Waals surface area (Å²) in [6.45, 7) is -0.104. The molecular weight excluding hydrogens is 264 g/mol. The molecule has 2 N–H and O–H groups in total. The van der Waals surface area contributed by atoms with E-state index in [4.69, 9.17) is 10.5 Å². The maximum Gasteiger partial charge on any atom is 0.255 e. The molecule has 4 heteroatoms. The summed E-state index contributed by atoms with van der Waals surface area (Å²) >= 11 is 0. The third-order valence-electron chi connectivity index (χ3n) is 3.48. The zero-order valence-electron chi connectivity index (χ0n) is 11.7. The first-order valence-electron chi connectivity index (χ1n) is 6.71. The third-order valence-corrected chi connectivity index (χ3v) is 3.48. The van der Waals surface area contributed by atoms with E-state index in [1.807, 2.05) is 36.4 Å². The molecule has 0 unspecified atom stereocenters. The lowest BCUT2D eigenvalue weighted by Crippen LogP contribution is -2.19. The van der Waals surface area contributed by atoms with Gasteiger partial charge >= 0.3 is 0 Å². The molecule has 106 valence electrons. The first-order chi connectivity index (χ1) is 10.1. The van der Waals surface area contributed by atoms with Gasteiger partial charge in [0, 0.05) is 23.6 Å². The Morgan fingerprint density at radius 3 is 2.52 bits per heavy atom. The van der Waals surface area contributed by atoms with Crippen LogP contribution in [0.1, 0.15) is 0 Å². The Morgan fingerprint density at radius 2 is 1.86 bits per heavy atom. The molecule has 0 saturated carbocycles. The van der Waals surface area contributed by atoms with Crippen molar-refractivity contribution in [3.05, 3.63) is 54.6 Å². The van der Waals surface area contributed by atoms with Gasteiger partial charge in [0.15, 0.2) is 6.61 Å². The number of carbonyl (C=O) groups excluding carboxylic acids is 1. The molecule has 0 saturated heterocycles. The minimum atomic E-state index is -0.479. The van der Waals surface area contributed by atoms with Crippen LogP contribution >= 0.6 is 0 Å². The minimum Gasteiger partial charge on any atom is -0.484 e. The number of hydrogen-bond acceptors (Lipinski definition) is 2. The molecule has 3 rings (SSSR count). The molecule has 0 spiro atoms. The summed E-state index contributed by atoms with van der Waals surface area (Å²) in [6.07, 6.45) is 0.